The van der Waals surface area contributed by atoms with E-state index in [1.54, 1.807) is 0 Å². The Kier molecular flexibility index (Phi) is 10.7. The summed E-state index contributed by atoms with van der Waals surface area (Å²) in [4.78, 5) is 0. The molecule has 4 heteroatoms. The second-order valence-corrected chi connectivity index (χ2v) is 16.3. The van der Waals surface area contributed by atoms with Crippen molar-refractivity contribution in [3.8, 4) is 11.1 Å². The predicted octanol–water partition coefficient (Wildman–Crippen LogP) is 12.9. The molecule has 9 aromatic carbocycles. The Hall–Kier alpha value is -6.01. The van der Waals surface area contributed by atoms with E-state index in [2.05, 4.69) is 206 Å². The van der Waals surface area contributed by atoms with Crippen molar-refractivity contribution in [2.45, 2.75) is 37.5 Å². The van der Waals surface area contributed by atoms with Gasteiger partial charge in [-0.1, -0.05) is 177 Å². The minimum Gasteiger partial charge on any atom is -0.312 e. The van der Waals surface area contributed by atoms with Crippen LogP contribution in [0.3, 0.4) is 0 Å². The molecule has 3 unspecified atom stereocenters. The molecule has 0 spiro atoms. The molecule has 0 radical (unpaired) electrons. The molecule has 0 aromatic heterocycles. The van der Waals surface area contributed by atoms with Crippen molar-refractivity contribution < 1.29 is 0 Å². The van der Waals surface area contributed by atoms with Crippen LogP contribution < -0.4 is 16.4 Å². The maximum atomic E-state index is 7.20. The maximum Gasteiger partial charge on any atom is 0.0852 e. The standard InChI is InChI=1S/C54H47N3S/c1-35(58)30-45-24-23-44-33-43(26-27-48(44)52(45)36(2)38-12-4-3-5-13-38)47-28-29-51(50-19-11-10-18-49(47)50)53(55)57-54(46-25-22-40-15-7-9-17-42(40)32-46)56-34-37-20-21-39-14-6-8-16-41(39)31-37/h3-29,31-33,35,53-54,56-58H,2,30,34,55H2,1H3. The highest BCUT2D eigenvalue weighted by molar-refractivity contribution is 7.80. The highest BCUT2D eigenvalue weighted by Gasteiger charge is 2.20. The Morgan fingerprint density at radius 3 is 2.02 bits per heavy atom. The number of nitrogens with one attached hydrogen (secondary N) is 2. The smallest absolute Gasteiger partial charge is 0.0852 e. The molecular weight excluding hydrogens is 723 g/mol. The molecule has 9 rings (SSSR count). The number of rotatable bonds is 12. The average Bonchev–Trinajstić information content (AvgIpc) is 3.26. The minimum absolute atomic E-state index is 0.208. The van der Waals surface area contributed by atoms with E-state index in [0.717, 1.165) is 45.0 Å². The fourth-order valence-electron chi connectivity index (χ4n) is 8.51. The van der Waals surface area contributed by atoms with Crippen LogP contribution in [0.1, 0.15) is 52.6 Å². The number of thiol groups is 1. The van der Waals surface area contributed by atoms with Crippen molar-refractivity contribution in [2.24, 2.45) is 5.73 Å². The van der Waals surface area contributed by atoms with Gasteiger partial charge in [0.05, 0.1) is 12.3 Å². The topological polar surface area (TPSA) is 50.1 Å². The molecule has 4 N–H and O–H groups in total. The number of hydrogen-bond donors (Lipinski definition) is 4. The first-order valence-corrected chi connectivity index (χ1v) is 20.6. The largest absolute Gasteiger partial charge is 0.312 e. The van der Waals surface area contributed by atoms with Gasteiger partial charge in [0.25, 0.3) is 0 Å². The summed E-state index contributed by atoms with van der Waals surface area (Å²) in [7, 11) is 0. The molecule has 0 aliphatic rings. The first-order chi connectivity index (χ1) is 28.4. The van der Waals surface area contributed by atoms with Crippen LogP contribution in [-0.4, -0.2) is 5.25 Å². The molecule has 0 saturated heterocycles. The van der Waals surface area contributed by atoms with Crippen LogP contribution in [0.25, 0.3) is 59.8 Å². The van der Waals surface area contributed by atoms with E-state index in [4.69, 9.17) is 18.4 Å². The van der Waals surface area contributed by atoms with Gasteiger partial charge < -0.3 is 5.73 Å². The van der Waals surface area contributed by atoms with E-state index in [9.17, 15) is 0 Å². The summed E-state index contributed by atoms with van der Waals surface area (Å²) >= 11 is 4.77. The van der Waals surface area contributed by atoms with E-state index < -0.39 is 6.17 Å². The van der Waals surface area contributed by atoms with Gasteiger partial charge in [0.1, 0.15) is 0 Å². The van der Waals surface area contributed by atoms with E-state index >= 15 is 0 Å². The SMILES string of the molecule is C=C(c1ccccc1)c1c(CC(C)S)ccc2cc(-c3ccc(C(N)NC(NCc4ccc5ccccc5c4)c4ccc5ccccc5c4)c4ccccc34)ccc12. The van der Waals surface area contributed by atoms with Gasteiger partial charge in [-0.15, -0.1) is 0 Å². The summed E-state index contributed by atoms with van der Waals surface area (Å²) in [6, 6.07) is 65.2. The van der Waals surface area contributed by atoms with Crippen molar-refractivity contribution in [3.63, 3.8) is 0 Å². The maximum absolute atomic E-state index is 7.20. The van der Waals surface area contributed by atoms with Crippen LogP contribution in [0.5, 0.6) is 0 Å². The Bertz CT molecular complexity index is 2930. The first-order valence-electron chi connectivity index (χ1n) is 20.1. The molecule has 58 heavy (non-hydrogen) atoms. The summed E-state index contributed by atoms with van der Waals surface area (Å²) in [5, 5.41) is 17.4. The molecular formula is C54H47N3S. The third kappa shape index (κ3) is 7.68. The molecule has 284 valence electrons. The van der Waals surface area contributed by atoms with Crippen LogP contribution >= 0.6 is 12.6 Å². The van der Waals surface area contributed by atoms with Gasteiger partial charge in [-0.2, -0.15) is 12.6 Å². The summed E-state index contributed by atoms with van der Waals surface area (Å²) in [6.07, 6.45) is 0.207. The van der Waals surface area contributed by atoms with Crippen LogP contribution in [0.15, 0.2) is 189 Å². The lowest BCUT2D eigenvalue weighted by Crippen LogP contribution is -2.39. The zero-order valence-corrected chi connectivity index (χ0v) is 33.6. The van der Waals surface area contributed by atoms with Gasteiger partial charge in [0.15, 0.2) is 0 Å². The molecule has 0 amide bonds. The third-order valence-corrected chi connectivity index (χ3v) is 11.6. The summed E-state index contributed by atoms with van der Waals surface area (Å²) < 4.78 is 0. The second-order valence-electron chi connectivity index (χ2n) is 15.4. The zero-order valence-electron chi connectivity index (χ0n) is 32.7. The minimum atomic E-state index is -0.449. The van der Waals surface area contributed by atoms with Crippen LogP contribution in [-0.2, 0) is 13.0 Å². The van der Waals surface area contributed by atoms with Crippen molar-refractivity contribution >= 4 is 61.3 Å². The van der Waals surface area contributed by atoms with Crippen LogP contribution in [0.4, 0.5) is 0 Å². The van der Waals surface area contributed by atoms with Gasteiger partial charge in [0.2, 0.25) is 0 Å². The highest BCUT2D eigenvalue weighted by atomic mass is 32.1. The molecule has 0 saturated carbocycles. The molecule has 0 aliphatic heterocycles. The third-order valence-electron chi connectivity index (χ3n) is 11.4. The highest BCUT2D eigenvalue weighted by Crippen LogP contribution is 2.38. The molecule has 0 aliphatic carbocycles. The lowest BCUT2D eigenvalue weighted by molar-refractivity contribution is 0.387. The van der Waals surface area contributed by atoms with Crippen molar-refractivity contribution in [3.05, 3.63) is 222 Å². The Morgan fingerprint density at radius 1 is 0.603 bits per heavy atom. The Labute approximate surface area is 346 Å². The van der Waals surface area contributed by atoms with E-state index in [1.807, 2.05) is 0 Å². The quantitative estimate of drug-likeness (QED) is 0.0739. The second kappa shape index (κ2) is 16.5. The first kappa shape index (κ1) is 37.6. The number of nitrogens with two attached hydrogens (primary N) is 1. The molecule has 0 heterocycles. The average molecular weight is 770 g/mol. The Balaban J connectivity index is 1.06. The van der Waals surface area contributed by atoms with Gasteiger partial charge in [-0.25, -0.2) is 0 Å². The Morgan fingerprint density at radius 2 is 1.26 bits per heavy atom. The fourth-order valence-corrected chi connectivity index (χ4v) is 8.71. The van der Waals surface area contributed by atoms with Gasteiger partial charge in [0, 0.05) is 11.8 Å². The normalized spacial score (nSPS) is 13.2. The van der Waals surface area contributed by atoms with E-state index in [-0.39, 0.29) is 11.4 Å². The molecule has 0 bridgehead atoms. The fraction of sp³-hybridized carbons (Fsp3) is 0.111. The summed E-state index contributed by atoms with van der Waals surface area (Å²) in [5.74, 6) is 0. The molecule has 3 atom stereocenters. The van der Waals surface area contributed by atoms with Crippen molar-refractivity contribution in [1.29, 1.82) is 0 Å². The monoisotopic (exact) mass is 769 g/mol. The van der Waals surface area contributed by atoms with Gasteiger partial charge in [-0.3, -0.25) is 10.6 Å². The van der Waals surface area contributed by atoms with E-state index in [1.165, 1.54) is 54.6 Å². The lowest BCUT2D eigenvalue weighted by Gasteiger charge is -2.27. The van der Waals surface area contributed by atoms with Gasteiger partial charge >= 0.3 is 0 Å². The molecule has 9 aromatic rings. The van der Waals surface area contributed by atoms with Crippen molar-refractivity contribution in [1.82, 2.24) is 10.6 Å². The predicted molar refractivity (Wildman–Crippen MR) is 251 cm³/mol. The van der Waals surface area contributed by atoms with E-state index in [0.29, 0.717) is 6.54 Å². The van der Waals surface area contributed by atoms with Gasteiger partial charge in [-0.05, 0) is 118 Å². The van der Waals surface area contributed by atoms with Crippen molar-refractivity contribution in [2.75, 3.05) is 0 Å². The molecule has 0 fully saturated rings. The van der Waals surface area contributed by atoms with Crippen LogP contribution in [0.2, 0.25) is 0 Å². The summed E-state index contributed by atoms with van der Waals surface area (Å²) in [5.41, 5.74) is 17.6. The molecule has 3 nitrogen and oxygen atoms in total. The lowest BCUT2D eigenvalue weighted by atomic mass is 9.87. The zero-order chi connectivity index (χ0) is 39.6. The van der Waals surface area contributed by atoms with Crippen LogP contribution in [0, 0.1) is 0 Å². The number of fused-ring (bicyclic) bond motifs is 4. The number of hydrogen-bond acceptors (Lipinski definition) is 4. The summed E-state index contributed by atoms with van der Waals surface area (Å²) in [6.45, 7) is 7.43. The number of benzene rings is 9.